The quantitative estimate of drug-likeness (QED) is 0.500. The number of carboxylic acid groups (broad SMARTS) is 1. The fourth-order valence-corrected chi connectivity index (χ4v) is 4.31. The lowest BCUT2D eigenvalue weighted by molar-refractivity contribution is -0.166. The molecule has 2 aromatic rings. The molecule has 0 saturated carbocycles. The SMILES string of the molecule is O=C(O)c1ccc(NC(=O)[C@H](COC2CCCCO2)NS(=O)(=O)c2ccc(Cl)cc2)cc1. The van der Waals surface area contributed by atoms with E-state index in [9.17, 15) is 18.0 Å². The van der Waals surface area contributed by atoms with Gasteiger partial charge in [0.2, 0.25) is 15.9 Å². The Morgan fingerprint density at radius 1 is 1.12 bits per heavy atom. The summed E-state index contributed by atoms with van der Waals surface area (Å²) in [5, 5.41) is 11.9. The number of benzene rings is 2. The van der Waals surface area contributed by atoms with E-state index >= 15 is 0 Å². The van der Waals surface area contributed by atoms with Crippen molar-refractivity contribution in [2.45, 2.75) is 36.5 Å². The number of rotatable bonds is 9. The highest BCUT2D eigenvalue weighted by Gasteiger charge is 2.28. The Balaban J connectivity index is 1.74. The number of carbonyl (C=O) groups excluding carboxylic acids is 1. The average molecular weight is 483 g/mol. The molecule has 0 aliphatic carbocycles. The van der Waals surface area contributed by atoms with E-state index < -0.39 is 34.2 Å². The van der Waals surface area contributed by atoms with Crippen LogP contribution in [0.3, 0.4) is 0 Å². The highest BCUT2D eigenvalue weighted by molar-refractivity contribution is 7.89. The zero-order valence-electron chi connectivity index (χ0n) is 17.0. The number of carboxylic acids is 1. The van der Waals surface area contributed by atoms with Gasteiger partial charge in [-0.05, 0) is 67.8 Å². The van der Waals surface area contributed by atoms with Crippen LogP contribution in [-0.4, -0.2) is 50.9 Å². The molecule has 0 bridgehead atoms. The van der Waals surface area contributed by atoms with Gasteiger partial charge in [-0.15, -0.1) is 0 Å². The molecule has 172 valence electrons. The first-order chi connectivity index (χ1) is 15.2. The van der Waals surface area contributed by atoms with Crippen molar-refractivity contribution in [3.8, 4) is 0 Å². The molecule has 0 radical (unpaired) electrons. The molecule has 11 heteroatoms. The number of halogens is 1. The maximum absolute atomic E-state index is 12.9. The molecular formula is C21H23ClN2O7S. The van der Waals surface area contributed by atoms with Gasteiger partial charge in [0.25, 0.3) is 0 Å². The Bertz CT molecular complexity index is 1040. The standard InChI is InChI=1S/C21H23ClN2O7S/c22-15-6-10-17(11-7-15)32(28,29)24-18(13-31-19-3-1-2-12-30-19)20(25)23-16-8-4-14(5-9-16)21(26)27/h4-11,18-19,24H,1-3,12-13H2,(H,23,25)(H,26,27)/t18-,19?/m0/s1. The molecule has 0 aromatic heterocycles. The van der Waals surface area contributed by atoms with Crippen molar-refractivity contribution in [3.63, 3.8) is 0 Å². The third-order valence-electron chi connectivity index (χ3n) is 4.72. The molecule has 1 aliphatic rings. The maximum atomic E-state index is 12.9. The Hall–Kier alpha value is -2.50. The van der Waals surface area contributed by atoms with Gasteiger partial charge in [-0.3, -0.25) is 4.79 Å². The summed E-state index contributed by atoms with van der Waals surface area (Å²) in [6, 6.07) is 9.75. The molecule has 1 unspecified atom stereocenters. The number of hydrogen-bond acceptors (Lipinski definition) is 6. The predicted octanol–water partition coefficient (Wildman–Crippen LogP) is 2.87. The minimum absolute atomic E-state index is 0.0561. The summed E-state index contributed by atoms with van der Waals surface area (Å²) >= 11 is 5.82. The highest BCUT2D eigenvalue weighted by atomic mass is 35.5. The van der Waals surface area contributed by atoms with E-state index in [1.54, 1.807) is 0 Å². The Morgan fingerprint density at radius 2 is 1.81 bits per heavy atom. The lowest BCUT2D eigenvalue weighted by atomic mass is 10.2. The molecule has 1 fully saturated rings. The third kappa shape index (κ3) is 6.75. The summed E-state index contributed by atoms with van der Waals surface area (Å²) in [6.45, 7) is 0.282. The van der Waals surface area contributed by atoms with Crippen LogP contribution < -0.4 is 10.0 Å². The predicted molar refractivity (Wildman–Crippen MR) is 117 cm³/mol. The van der Waals surface area contributed by atoms with E-state index in [2.05, 4.69) is 10.0 Å². The van der Waals surface area contributed by atoms with Gasteiger partial charge < -0.3 is 19.9 Å². The van der Waals surface area contributed by atoms with Crippen molar-refractivity contribution < 1.29 is 32.6 Å². The van der Waals surface area contributed by atoms with Crippen molar-refractivity contribution in [2.24, 2.45) is 0 Å². The number of carbonyl (C=O) groups is 2. The Kier molecular flexibility index (Phi) is 8.21. The first-order valence-corrected chi connectivity index (χ1v) is 11.8. The molecule has 1 amide bonds. The van der Waals surface area contributed by atoms with Crippen LogP contribution in [0.15, 0.2) is 53.4 Å². The number of aromatic carboxylic acids is 1. The van der Waals surface area contributed by atoms with E-state index in [1.165, 1.54) is 48.5 Å². The van der Waals surface area contributed by atoms with Gasteiger partial charge in [-0.1, -0.05) is 11.6 Å². The number of hydrogen-bond donors (Lipinski definition) is 3. The van der Waals surface area contributed by atoms with Gasteiger partial charge in [-0.25, -0.2) is 13.2 Å². The molecule has 2 aromatic carbocycles. The summed E-state index contributed by atoms with van der Waals surface area (Å²) in [4.78, 5) is 23.8. The van der Waals surface area contributed by atoms with E-state index in [4.69, 9.17) is 26.2 Å². The topological polar surface area (TPSA) is 131 Å². The largest absolute Gasteiger partial charge is 0.478 e. The first kappa shape index (κ1) is 24.1. The second kappa shape index (κ2) is 10.9. The normalized spacial score (nSPS) is 17.5. The monoisotopic (exact) mass is 482 g/mol. The van der Waals surface area contributed by atoms with Crippen molar-refractivity contribution in [2.75, 3.05) is 18.5 Å². The minimum atomic E-state index is -4.05. The van der Waals surface area contributed by atoms with Crippen molar-refractivity contribution in [1.82, 2.24) is 4.72 Å². The summed E-state index contributed by atoms with van der Waals surface area (Å²) in [7, 11) is -4.05. The van der Waals surface area contributed by atoms with Crippen LogP contribution in [0.2, 0.25) is 5.02 Å². The molecule has 3 rings (SSSR count). The van der Waals surface area contributed by atoms with Crippen LogP contribution in [-0.2, 0) is 24.3 Å². The van der Waals surface area contributed by atoms with Gasteiger partial charge >= 0.3 is 5.97 Å². The van der Waals surface area contributed by atoms with Crippen LogP contribution in [0, 0.1) is 0 Å². The van der Waals surface area contributed by atoms with E-state index in [0.717, 1.165) is 12.8 Å². The van der Waals surface area contributed by atoms with Gasteiger partial charge in [0.05, 0.1) is 17.1 Å². The lowest BCUT2D eigenvalue weighted by Gasteiger charge is -2.25. The second-order valence-corrected chi connectivity index (χ2v) is 9.28. The zero-order valence-corrected chi connectivity index (χ0v) is 18.6. The number of ether oxygens (including phenoxy) is 2. The summed E-state index contributed by atoms with van der Waals surface area (Å²) < 4.78 is 39.1. The number of nitrogens with one attached hydrogen (secondary N) is 2. The Labute approximate surface area is 190 Å². The summed E-state index contributed by atoms with van der Waals surface area (Å²) in [6.07, 6.45) is 1.95. The first-order valence-electron chi connectivity index (χ1n) is 9.90. The summed E-state index contributed by atoms with van der Waals surface area (Å²) in [5.74, 6) is -1.77. The fourth-order valence-electron chi connectivity index (χ4n) is 3.00. The lowest BCUT2D eigenvalue weighted by Crippen LogP contribution is -2.47. The van der Waals surface area contributed by atoms with Gasteiger partial charge in [0.1, 0.15) is 6.04 Å². The van der Waals surface area contributed by atoms with Crippen LogP contribution in [0.25, 0.3) is 0 Å². The fraction of sp³-hybridized carbons (Fsp3) is 0.333. The molecule has 2 atom stereocenters. The molecule has 32 heavy (non-hydrogen) atoms. The van der Waals surface area contributed by atoms with E-state index in [-0.39, 0.29) is 17.1 Å². The average Bonchev–Trinajstić information content (AvgIpc) is 2.78. The van der Waals surface area contributed by atoms with Crippen molar-refractivity contribution in [1.29, 1.82) is 0 Å². The zero-order chi connectivity index (χ0) is 23.1. The molecule has 0 spiro atoms. The minimum Gasteiger partial charge on any atom is -0.478 e. The maximum Gasteiger partial charge on any atom is 0.335 e. The second-order valence-electron chi connectivity index (χ2n) is 7.13. The smallest absolute Gasteiger partial charge is 0.335 e. The van der Waals surface area contributed by atoms with Crippen LogP contribution in [0.4, 0.5) is 5.69 Å². The van der Waals surface area contributed by atoms with E-state index in [1.807, 2.05) is 0 Å². The molecular weight excluding hydrogens is 460 g/mol. The summed E-state index contributed by atoms with van der Waals surface area (Å²) in [5.41, 5.74) is 0.366. The van der Waals surface area contributed by atoms with Gasteiger partial charge in [0, 0.05) is 17.3 Å². The number of amides is 1. The van der Waals surface area contributed by atoms with Gasteiger partial charge in [0.15, 0.2) is 6.29 Å². The molecule has 9 nitrogen and oxygen atoms in total. The number of anilines is 1. The van der Waals surface area contributed by atoms with Crippen LogP contribution >= 0.6 is 11.6 Å². The molecule has 1 saturated heterocycles. The molecule has 3 N–H and O–H groups in total. The molecule has 1 aliphatic heterocycles. The van der Waals surface area contributed by atoms with Gasteiger partial charge in [-0.2, -0.15) is 4.72 Å². The van der Waals surface area contributed by atoms with Crippen LogP contribution in [0.1, 0.15) is 29.6 Å². The Morgan fingerprint density at radius 3 is 2.41 bits per heavy atom. The van der Waals surface area contributed by atoms with Crippen LogP contribution in [0.5, 0.6) is 0 Å². The van der Waals surface area contributed by atoms with Crippen molar-refractivity contribution >= 4 is 39.2 Å². The van der Waals surface area contributed by atoms with E-state index in [0.29, 0.717) is 23.7 Å². The van der Waals surface area contributed by atoms with Crippen molar-refractivity contribution in [3.05, 3.63) is 59.1 Å². The number of sulfonamides is 1. The highest BCUT2D eigenvalue weighted by Crippen LogP contribution is 2.17. The third-order valence-corrected chi connectivity index (χ3v) is 6.46. The molecule has 1 heterocycles.